The van der Waals surface area contributed by atoms with Crippen molar-refractivity contribution in [2.45, 2.75) is 38.3 Å². The predicted octanol–water partition coefficient (Wildman–Crippen LogP) is 1.20. The number of fused-ring (bicyclic) bond motifs is 3. The standard InChI is InChI=1S/C27H28N4O7/c1-25-7-14-13(12-8-29-11-30-9-12)5-6-15(32)16(14)19(33)18(25)23(36)27(38)22(35)17(24(28)37)20(34)21(31(3)4)26(27,2)10-25/h5-6,8-9,11,21,32-33,35,38H,7,10H2,1-4H3,(H2,28,37)/t21-,25+,26+,27-/m1/s1. The maximum absolute atomic E-state index is 14.2. The van der Waals surface area contributed by atoms with Crippen LogP contribution in [0.4, 0.5) is 0 Å². The minimum absolute atomic E-state index is 0.00835. The first kappa shape index (κ1) is 25.6. The zero-order valence-corrected chi connectivity index (χ0v) is 21.3. The van der Waals surface area contributed by atoms with Gasteiger partial charge in [0.25, 0.3) is 5.91 Å². The number of benzene rings is 1. The number of phenols is 1. The van der Waals surface area contributed by atoms with E-state index in [4.69, 9.17) is 5.73 Å². The van der Waals surface area contributed by atoms with E-state index in [9.17, 15) is 34.8 Å². The molecular weight excluding hydrogens is 492 g/mol. The fraction of sp³-hybridized carbons (Fsp3) is 0.370. The van der Waals surface area contributed by atoms with Crippen molar-refractivity contribution in [3.63, 3.8) is 0 Å². The van der Waals surface area contributed by atoms with Crippen molar-refractivity contribution < 1.29 is 34.8 Å². The Morgan fingerprint density at radius 3 is 2.32 bits per heavy atom. The van der Waals surface area contributed by atoms with Gasteiger partial charge in [0.2, 0.25) is 5.78 Å². The number of nitrogens with zero attached hydrogens (tertiary/aromatic N) is 3. The van der Waals surface area contributed by atoms with E-state index in [0.717, 1.165) is 0 Å². The van der Waals surface area contributed by atoms with Crippen LogP contribution >= 0.6 is 0 Å². The van der Waals surface area contributed by atoms with E-state index in [-0.39, 0.29) is 29.7 Å². The Hall–Kier alpha value is -4.09. The molecule has 38 heavy (non-hydrogen) atoms. The first-order valence-corrected chi connectivity index (χ1v) is 12.0. The highest BCUT2D eigenvalue weighted by Crippen LogP contribution is 2.63. The number of Topliss-reactive ketones (excluding diaryl/α,β-unsaturated/α-hetero) is 2. The SMILES string of the molecule is CN(C)[C@@H]1C(=O)C(C(N)=O)=C(O)[C@@]2(O)C(=O)C3=C(O)c4c(O)ccc(-c5cncnc5)c4C[C@@]3(C)C[C@@]12C. The number of likely N-dealkylation sites (N-methyl/N-ethyl adjacent to an activating group) is 1. The van der Waals surface area contributed by atoms with Gasteiger partial charge in [-0.15, -0.1) is 0 Å². The van der Waals surface area contributed by atoms with Crippen LogP contribution in [0.1, 0.15) is 31.4 Å². The molecular formula is C27H28N4O7. The monoisotopic (exact) mass is 520 g/mol. The second-order valence-electron chi connectivity index (χ2n) is 11.0. The predicted molar refractivity (Wildman–Crippen MR) is 135 cm³/mol. The zero-order valence-electron chi connectivity index (χ0n) is 21.3. The second kappa shape index (κ2) is 7.95. The van der Waals surface area contributed by atoms with Crippen LogP contribution in [0.3, 0.4) is 0 Å². The van der Waals surface area contributed by atoms with Crippen LogP contribution in [0.25, 0.3) is 16.9 Å². The van der Waals surface area contributed by atoms with E-state index in [1.807, 2.05) is 0 Å². The summed E-state index contributed by atoms with van der Waals surface area (Å²) in [5.41, 5.74) is 0.596. The average molecular weight is 521 g/mol. The lowest BCUT2D eigenvalue weighted by Gasteiger charge is -2.59. The minimum atomic E-state index is -2.75. The largest absolute Gasteiger partial charge is 0.508 e. The Kier molecular flexibility index (Phi) is 5.35. The van der Waals surface area contributed by atoms with Crippen LogP contribution in [0, 0.1) is 10.8 Å². The molecule has 1 aromatic carbocycles. The van der Waals surface area contributed by atoms with Crippen molar-refractivity contribution in [1.82, 2.24) is 14.9 Å². The molecule has 5 rings (SSSR count). The van der Waals surface area contributed by atoms with Gasteiger partial charge in [-0.1, -0.05) is 19.9 Å². The quantitative estimate of drug-likeness (QED) is 0.368. The maximum atomic E-state index is 14.2. The first-order valence-electron chi connectivity index (χ1n) is 12.0. The van der Waals surface area contributed by atoms with Gasteiger partial charge in [-0.3, -0.25) is 19.3 Å². The average Bonchev–Trinajstić information content (AvgIpc) is 2.81. The highest BCUT2D eigenvalue weighted by Gasteiger charge is 2.72. The lowest BCUT2D eigenvalue weighted by Crippen LogP contribution is -2.72. The molecule has 1 aromatic heterocycles. The normalized spacial score (nSPS) is 30.7. The van der Waals surface area contributed by atoms with Crippen LogP contribution < -0.4 is 5.73 Å². The highest BCUT2D eigenvalue weighted by atomic mass is 16.3. The third-order valence-electron chi connectivity index (χ3n) is 8.39. The van der Waals surface area contributed by atoms with Crippen LogP contribution in [0.5, 0.6) is 5.75 Å². The molecule has 11 nitrogen and oxygen atoms in total. The number of nitrogens with two attached hydrogens (primary N) is 1. The Labute approximate surface area is 217 Å². The molecule has 0 unspecified atom stereocenters. The van der Waals surface area contributed by atoms with E-state index >= 15 is 0 Å². The molecule has 1 heterocycles. The number of aliphatic hydroxyl groups is 3. The third-order valence-corrected chi connectivity index (χ3v) is 8.39. The summed E-state index contributed by atoms with van der Waals surface area (Å²) in [6, 6.07) is 1.83. The number of aliphatic hydroxyl groups excluding tert-OH is 2. The van der Waals surface area contributed by atoms with Gasteiger partial charge >= 0.3 is 0 Å². The zero-order chi connectivity index (χ0) is 27.9. The summed E-state index contributed by atoms with van der Waals surface area (Å²) >= 11 is 0. The van der Waals surface area contributed by atoms with E-state index < -0.39 is 57.0 Å². The summed E-state index contributed by atoms with van der Waals surface area (Å²) in [7, 11) is 3.12. The van der Waals surface area contributed by atoms with Crippen LogP contribution in [-0.2, 0) is 20.8 Å². The minimum Gasteiger partial charge on any atom is -0.508 e. The van der Waals surface area contributed by atoms with Gasteiger partial charge in [0.1, 0.15) is 29.2 Å². The summed E-state index contributed by atoms with van der Waals surface area (Å²) in [5, 5.41) is 45.4. The fourth-order valence-electron chi connectivity index (χ4n) is 7.03. The Morgan fingerprint density at radius 1 is 1.11 bits per heavy atom. The fourth-order valence-corrected chi connectivity index (χ4v) is 7.03. The summed E-state index contributed by atoms with van der Waals surface area (Å²) in [4.78, 5) is 49.5. The van der Waals surface area contributed by atoms with Gasteiger partial charge < -0.3 is 26.2 Å². The van der Waals surface area contributed by atoms with Crippen molar-refractivity contribution in [2.24, 2.45) is 16.6 Å². The number of rotatable bonds is 3. The second-order valence-corrected chi connectivity index (χ2v) is 11.0. The number of carbonyl (C=O) groups excluding carboxylic acids is 3. The maximum Gasteiger partial charge on any atom is 0.255 e. The molecule has 11 heteroatoms. The number of primary amides is 1. The van der Waals surface area contributed by atoms with Crippen molar-refractivity contribution in [3.05, 3.63) is 58.9 Å². The van der Waals surface area contributed by atoms with Crippen LogP contribution in [-0.4, -0.2) is 78.5 Å². The highest BCUT2D eigenvalue weighted by molar-refractivity contribution is 6.25. The Morgan fingerprint density at radius 2 is 1.74 bits per heavy atom. The molecule has 6 N–H and O–H groups in total. The Bertz CT molecular complexity index is 1500. The van der Waals surface area contributed by atoms with E-state index in [2.05, 4.69) is 9.97 Å². The molecule has 1 amide bonds. The molecule has 0 spiro atoms. The van der Waals surface area contributed by atoms with Crippen LogP contribution in [0.2, 0.25) is 0 Å². The Balaban J connectivity index is 1.83. The molecule has 3 aliphatic rings. The van der Waals surface area contributed by atoms with Gasteiger partial charge in [-0.05, 0) is 44.1 Å². The van der Waals surface area contributed by atoms with Gasteiger partial charge in [-0.2, -0.15) is 0 Å². The van der Waals surface area contributed by atoms with Crippen molar-refractivity contribution in [2.75, 3.05) is 14.1 Å². The first-order chi connectivity index (χ1) is 17.7. The van der Waals surface area contributed by atoms with E-state index in [1.165, 1.54) is 24.2 Å². The van der Waals surface area contributed by atoms with E-state index in [1.54, 1.807) is 39.5 Å². The van der Waals surface area contributed by atoms with E-state index in [0.29, 0.717) is 16.7 Å². The third kappa shape index (κ3) is 2.99. The summed E-state index contributed by atoms with van der Waals surface area (Å²) in [6.45, 7) is 3.23. The van der Waals surface area contributed by atoms with Gasteiger partial charge in [0.15, 0.2) is 11.4 Å². The number of hydrogen-bond acceptors (Lipinski definition) is 10. The van der Waals surface area contributed by atoms with Gasteiger partial charge in [0, 0.05) is 34.4 Å². The molecule has 0 bridgehead atoms. The molecule has 0 aliphatic heterocycles. The van der Waals surface area contributed by atoms with Crippen LogP contribution in [0.15, 0.2) is 47.8 Å². The number of ketones is 2. The van der Waals surface area contributed by atoms with Crippen molar-refractivity contribution in [3.8, 4) is 16.9 Å². The molecule has 198 valence electrons. The van der Waals surface area contributed by atoms with Gasteiger partial charge in [0.05, 0.1) is 11.6 Å². The van der Waals surface area contributed by atoms with Crippen molar-refractivity contribution in [1.29, 1.82) is 0 Å². The molecule has 0 radical (unpaired) electrons. The number of hydrogen-bond donors (Lipinski definition) is 5. The molecule has 1 saturated carbocycles. The molecule has 3 aliphatic carbocycles. The summed E-state index contributed by atoms with van der Waals surface area (Å²) in [6.07, 6.45) is 4.63. The number of aromatic nitrogens is 2. The number of carbonyl (C=O) groups is 3. The molecule has 4 atom stereocenters. The smallest absolute Gasteiger partial charge is 0.255 e. The molecule has 2 aromatic rings. The number of aromatic hydroxyl groups is 1. The number of phenolic OH excluding ortho intramolecular Hbond substituents is 1. The number of amides is 1. The lowest BCUT2D eigenvalue weighted by molar-refractivity contribution is -0.175. The lowest BCUT2D eigenvalue weighted by atomic mass is 9.46. The van der Waals surface area contributed by atoms with Crippen molar-refractivity contribution >= 4 is 23.2 Å². The topological polar surface area (TPSA) is 187 Å². The van der Waals surface area contributed by atoms with Gasteiger partial charge in [-0.25, -0.2) is 9.97 Å². The summed E-state index contributed by atoms with van der Waals surface area (Å²) in [5.74, 6) is -5.14. The molecule has 1 fully saturated rings. The molecule has 0 saturated heterocycles. The summed E-state index contributed by atoms with van der Waals surface area (Å²) < 4.78 is 0.